The second kappa shape index (κ2) is 6.20. The van der Waals surface area contributed by atoms with Crippen LogP contribution in [0.15, 0.2) is 36.7 Å². The topological polar surface area (TPSA) is 33.1 Å². The molecule has 4 nitrogen and oxygen atoms in total. The lowest BCUT2D eigenvalue weighted by Gasteiger charge is -2.29. The Morgan fingerprint density at radius 2 is 1.81 bits per heavy atom. The zero-order chi connectivity index (χ0) is 14.7. The summed E-state index contributed by atoms with van der Waals surface area (Å²) in [4.78, 5) is 6.88. The van der Waals surface area contributed by atoms with Crippen molar-refractivity contribution in [3.05, 3.63) is 42.5 Å². The van der Waals surface area contributed by atoms with E-state index in [1.54, 1.807) is 0 Å². The third kappa shape index (κ3) is 3.20. The molecule has 1 aromatic carbocycles. The molecule has 21 heavy (non-hydrogen) atoms. The number of aromatic nitrogens is 2. The number of benzene rings is 1. The van der Waals surface area contributed by atoms with Crippen molar-refractivity contribution < 1.29 is 0 Å². The minimum Gasteiger partial charge on any atom is -0.375 e. The fourth-order valence-electron chi connectivity index (χ4n) is 3.03. The zero-order valence-corrected chi connectivity index (χ0v) is 12.9. The predicted octanol–water partition coefficient (Wildman–Crippen LogP) is 3.58. The van der Waals surface area contributed by atoms with E-state index in [1.165, 1.54) is 38.0 Å². The maximum absolute atomic E-state index is 4.40. The molecule has 1 atom stereocenters. The minimum atomic E-state index is 0.200. The smallest absolute Gasteiger partial charge is 0.130 e. The molecular formula is C17H24N4. The van der Waals surface area contributed by atoms with Gasteiger partial charge in [-0.3, -0.25) is 0 Å². The molecule has 4 heteroatoms. The average molecular weight is 284 g/mol. The van der Waals surface area contributed by atoms with Crippen LogP contribution < -0.4 is 10.2 Å². The molecule has 1 aliphatic heterocycles. The van der Waals surface area contributed by atoms with E-state index in [0.717, 1.165) is 11.5 Å². The number of nitrogens with one attached hydrogen (secondary N) is 1. The van der Waals surface area contributed by atoms with E-state index < -0.39 is 0 Å². The first-order valence-corrected chi connectivity index (χ1v) is 7.83. The summed E-state index contributed by atoms with van der Waals surface area (Å²) in [5.74, 6) is 1.05. The Labute approximate surface area is 126 Å². The molecule has 2 heterocycles. The summed E-state index contributed by atoms with van der Waals surface area (Å²) < 4.78 is 2.06. The van der Waals surface area contributed by atoms with E-state index in [9.17, 15) is 0 Å². The van der Waals surface area contributed by atoms with Gasteiger partial charge in [-0.2, -0.15) is 0 Å². The number of hydrogen-bond acceptors (Lipinski definition) is 3. The first kappa shape index (κ1) is 14.0. The van der Waals surface area contributed by atoms with Gasteiger partial charge in [-0.05, 0) is 50.5 Å². The molecule has 0 radical (unpaired) electrons. The Morgan fingerprint density at radius 1 is 1.10 bits per heavy atom. The van der Waals surface area contributed by atoms with Crippen molar-refractivity contribution in [3.8, 4) is 0 Å². The van der Waals surface area contributed by atoms with E-state index in [0.29, 0.717) is 0 Å². The molecule has 0 spiro atoms. The maximum Gasteiger partial charge on any atom is 0.130 e. The van der Waals surface area contributed by atoms with Crippen LogP contribution in [0.5, 0.6) is 0 Å². The monoisotopic (exact) mass is 284 g/mol. The van der Waals surface area contributed by atoms with Crippen LogP contribution >= 0.6 is 0 Å². The molecule has 0 aliphatic carbocycles. The molecule has 0 amide bonds. The highest BCUT2D eigenvalue weighted by Crippen LogP contribution is 2.23. The van der Waals surface area contributed by atoms with Crippen molar-refractivity contribution in [1.82, 2.24) is 9.55 Å². The normalized spacial score (nSPS) is 16.8. The lowest BCUT2D eigenvalue weighted by Crippen LogP contribution is -2.29. The summed E-state index contributed by atoms with van der Waals surface area (Å²) in [5, 5.41) is 3.51. The van der Waals surface area contributed by atoms with Gasteiger partial charge in [0.15, 0.2) is 0 Å². The predicted molar refractivity (Wildman–Crippen MR) is 87.8 cm³/mol. The Balaban J connectivity index is 1.65. The Morgan fingerprint density at radius 3 is 2.43 bits per heavy atom. The van der Waals surface area contributed by atoms with Gasteiger partial charge in [0.1, 0.15) is 5.82 Å². The van der Waals surface area contributed by atoms with Gasteiger partial charge in [0.05, 0.1) is 6.04 Å². The minimum absolute atomic E-state index is 0.200. The number of nitrogens with zero attached hydrogens (tertiary/aromatic N) is 3. The molecule has 1 unspecified atom stereocenters. The fourth-order valence-corrected chi connectivity index (χ4v) is 3.03. The SMILES string of the molecule is CC(Nc1ccc(N2CCCCC2)cc1)c1nccn1C. The number of imidazole rings is 1. The lowest BCUT2D eigenvalue weighted by molar-refractivity contribution is 0.578. The van der Waals surface area contributed by atoms with E-state index in [-0.39, 0.29) is 6.04 Å². The molecule has 1 fully saturated rings. The first-order chi connectivity index (χ1) is 10.2. The first-order valence-electron chi connectivity index (χ1n) is 7.83. The van der Waals surface area contributed by atoms with Crippen molar-refractivity contribution in [3.63, 3.8) is 0 Å². The largest absolute Gasteiger partial charge is 0.375 e. The zero-order valence-electron chi connectivity index (χ0n) is 12.9. The molecule has 2 aromatic rings. The highest BCUT2D eigenvalue weighted by atomic mass is 15.1. The van der Waals surface area contributed by atoms with Crippen molar-refractivity contribution in [2.24, 2.45) is 7.05 Å². The highest BCUT2D eigenvalue weighted by Gasteiger charge is 2.12. The third-order valence-electron chi connectivity index (χ3n) is 4.22. The second-order valence-corrected chi connectivity index (χ2v) is 5.86. The van der Waals surface area contributed by atoms with Gasteiger partial charge < -0.3 is 14.8 Å². The molecule has 1 aliphatic rings. The van der Waals surface area contributed by atoms with E-state index >= 15 is 0 Å². The molecular weight excluding hydrogens is 260 g/mol. The quantitative estimate of drug-likeness (QED) is 0.931. The Bertz CT molecular complexity index is 567. The fraction of sp³-hybridized carbons (Fsp3) is 0.471. The molecule has 0 saturated carbocycles. The number of piperidine rings is 1. The average Bonchev–Trinajstić information content (AvgIpc) is 2.95. The third-order valence-corrected chi connectivity index (χ3v) is 4.22. The van der Waals surface area contributed by atoms with Crippen LogP contribution in [-0.2, 0) is 7.05 Å². The van der Waals surface area contributed by atoms with Crippen LogP contribution in [-0.4, -0.2) is 22.6 Å². The van der Waals surface area contributed by atoms with Crippen molar-refractivity contribution in [2.45, 2.75) is 32.2 Å². The summed E-state index contributed by atoms with van der Waals surface area (Å²) >= 11 is 0. The Kier molecular flexibility index (Phi) is 4.13. The van der Waals surface area contributed by atoms with Gasteiger partial charge in [-0.25, -0.2) is 4.98 Å². The Hall–Kier alpha value is -1.97. The van der Waals surface area contributed by atoms with E-state index in [4.69, 9.17) is 0 Å². The molecule has 1 saturated heterocycles. The number of aryl methyl sites for hydroxylation is 1. The molecule has 112 valence electrons. The van der Waals surface area contributed by atoms with Gasteiger partial charge in [0, 0.05) is 43.9 Å². The molecule has 0 bridgehead atoms. The maximum atomic E-state index is 4.40. The van der Waals surface area contributed by atoms with Gasteiger partial charge >= 0.3 is 0 Å². The van der Waals surface area contributed by atoms with Crippen LogP contribution in [0.2, 0.25) is 0 Å². The van der Waals surface area contributed by atoms with Crippen molar-refractivity contribution in [2.75, 3.05) is 23.3 Å². The molecule has 3 rings (SSSR count). The van der Waals surface area contributed by atoms with Gasteiger partial charge in [-0.1, -0.05) is 0 Å². The molecule has 1 aromatic heterocycles. The summed E-state index contributed by atoms with van der Waals surface area (Å²) in [6.07, 6.45) is 7.82. The summed E-state index contributed by atoms with van der Waals surface area (Å²) in [5.41, 5.74) is 2.48. The standard InChI is InChI=1S/C17H24N4/c1-14(17-18-10-13-20(17)2)19-15-6-8-16(9-7-15)21-11-4-3-5-12-21/h6-10,13-14,19H,3-5,11-12H2,1-2H3. The van der Waals surface area contributed by atoms with E-state index in [2.05, 4.69) is 51.0 Å². The van der Waals surface area contributed by atoms with Crippen LogP contribution in [0.3, 0.4) is 0 Å². The second-order valence-electron chi connectivity index (χ2n) is 5.86. The molecule has 1 N–H and O–H groups in total. The van der Waals surface area contributed by atoms with Gasteiger partial charge in [-0.15, -0.1) is 0 Å². The summed E-state index contributed by atoms with van der Waals surface area (Å²) in [6, 6.07) is 8.98. The van der Waals surface area contributed by atoms with Crippen LogP contribution in [0, 0.1) is 0 Å². The number of hydrogen-bond donors (Lipinski definition) is 1. The van der Waals surface area contributed by atoms with Crippen LogP contribution in [0.4, 0.5) is 11.4 Å². The van der Waals surface area contributed by atoms with Gasteiger partial charge in [0.25, 0.3) is 0 Å². The highest BCUT2D eigenvalue weighted by molar-refractivity contribution is 5.55. The lowest BCUT2D eigenvalue weighted by atomic mass is 10.1. The number of rotatable bonds is 4. The summed E-state index contributed by atoms with van der Waals surface area (Å²) in [6.45, 7) is 4.52. The van der Waals surface area contributed by atoms with Crippen molar-refractivity contribution in [1.29, 1.82) is 0 Å². The van der Waals surface area contributed by atoms with E-state index in [1.807, 2.05) is 19.4 Å². The van der Waals surface area contributed by atoms with Crippen LogP contribution in [0.1, 0.15) is 38.1 Å². The number of anilines is 2. The van der Waals surface area contributed by atoms with Gasteiger partial charge in [0.2, 0.25) is 0 Å². The van der Waals surface area contributed by atoms with Crippen LogP contribution in [0.25, 0.3) is 0 Å². The summed E-state index contributed by atoms with van der Waals surface area (Å²) in [7, 11) is 2.03. The van der Waals surface area contributed by atoms with Crippen molar-refractivity contribution >= 4 is 11.4 Å².